The molecule has 2 heterocycles. The van der Waals surface area contributed by atoms with Gasteiger partial charge in [-0.05, 0) is 75.0 Å². The second-order valence-electron chi connectivity index (χ2n) is 8.63. The third-order valence-corrected chi connectivity index (χ3v) is 6.34. The molecule has 1 saturated carbocycles. The Morgan fingerprint density at radius 3 is 2.30 bits per heavy atom. The maximum atomic E-state index is 12.6. The molecule has 1 aromatic heterocycles. The van der Waals surface area contributed by atoms with Gasteiger partial charge in [-0.15, -0.1) is 0 Å². The molecular weight excluding hydrogens is 376 g/mol. The van der Waals surface area contributed by atoms with Gasteiger partial charge in [0, 0.05) is 24.5 Å². The molecule has 0 N–H and O–H groups in total. The van der Waals surface area contributed by atoms with Crippen molar-refractivity contribution in [3.8, 4) is 17.2 Å². The van der Waals surface area contributed by atoms with Crippen molar-refractivity contribution >= 4 is 0 Å². The first-order valence-corrected chi connectivity index (χ1v) is 11.6. The van der Waals surface area contributed by atoms with Gasteiger partial charge >= 0.3 is 0 Å². The standard InChI is InChI=1S/C25H34N2O3/c28-25-19-24(30-20-21-7-3-1-4-8-21)13-16-27(25)22-9-11-23(12-10-22)29-18-17-26-14-5-2-6-15-26/h9-13,16,19,21H,1-8,14-15,17-18,20H2. The molecule has 1 saturated heterocycles. The van der Waals surface area contributed by atoms with Gasteiger partial charge in [-0.25, -0.2) is 0 Å². The first-order valence-electron chi connectivity index (χ1n) is 11.6. The van der Waals surface area contributed by atoms with Crippen molar-refractivity contribution in [2.45, 2.75) is 51.4 Å². The first kappa shape index (κ1) is 21.0. The van der Waals surface area contributed by atoms with Gasteiger partial charge in [-0.3, -0.25) is 14.3 Å². The number of piperidine rings is 1. The number of hydrogen-bond acceptors (Lipinski definition) is 4. The van der Waals surface area contributed by atoms with Gasteiger partial charge in [0.1, 0.15) is 18.1 Å². The molecule has 1 aliphatic heterocycles. The lowest BCUT2D eigenvalue weighted by Crippen LogP contribution is -2.33. The lowest BCUT2D eigenvalue weighted by atomic mass is 9.90. The average molecular weight is 411 g/mol. The van der Waals surface area contributed by atoms with E-state index in [-0.39, 0.29) is 5.56 Å². The Kier molecular flexibility index (Phi) is 7.46. The molecule has 4 rings (SSSR count). The second-order valence-corrected chi connectivity index (χ2v) is 8.63. The molecule has 30 heavy (non-hydrogen) atoms. The Morgan fingerprint density at radius 2 is 1.57 bits per heavy atom. The van der Waals surface area contributed by atoms with Crippen molar-refractivity contribution in [1.82, 2.24) is 9.47 Å². The minimum absolute atomic E-state index is 0.0742. The van der Waals surface area contributed by atoms with Crippen LogP contribution in [0.2, 0.25) is 0 Å². The molecule has 2 aliphatic rings. The molecule has 0 radical (unpaired) electrons. The highest BCUT2D eigenvalue weighted by Crippen LogP contribution is 2.24. The molecule has 162 valence electrons. The van der Waals surface area contributed by atoms with Gasteiger partial charge in [-0.2, -0.15) is 0 Å². The highest BCUT2D eigenvalue weighted by atomic mass is 16.5. The SMILES string of the molecule is O=c1cc(OCC2CCCCC2)ccn1-c1ccc(OCCN2CCCCC2)cc1. The van der Waals surface area contributed by atoms with E-state index in [4.69, 9.17) is 9.47 Å². The normalized spacial score (nSPS) is 18.3. The Hall–Kier alpha value is -2.27. The molecule has 0 spiro atoms. The number of benzene rings is 1. The predicted octanol–water partition coefficient (Wildman–Crippen LogP) is 4.66. The van der Waals surface area contributed by atoms with Gasteiger partial charge < -0.3 is 9.47 Å². The topological polar surface area (TPSA) is 43.7 Å². The largest absolute Gasteiger partial charge is 0.493 e. The van der Waals surface area contributed by atoms with Gasteiger partial charge in [0.05, 0.1) is 6.61 Å². The van der Waals surface area contributed by atoms with Crippen molar-refractivity contribution in [2.24, 2.45) is 5.92 Å². The molecule has 1 aromatic carbocycles. The zero-order chi connectivity index (χ0) is 20.6. The van der Waals surface area contributed by atoms with Gasteiger partial charge in [-0.1, -0.05) is 25.7 Å². The maximum Gasteiger partial charge on any atom is 0.258 e. The van der Waals surface area contributed by atoms with Crippen molar-refractivity contribution in [1.29, 1.82) is 0 Å². The van der Waals surface area contributed by atoms with Gasteiger partial charge in [0.15, 0.2) is 0 Å². The van der Waals surface area contributed by atoms with Crippen molar-refractivity contribution in [3.63, 3.8) is 0 Å². The van der Waals surface area contributed by atoms with Crippen LogP contribution >= 0.6 is 0 Å². The minimum atomic E-state index is -0.0742. The summed E-state index contributed by atoms with van der Waals surface area (Å²) >= 11 is 0. The molecule has 5 heteroatoms. The second kappa shape index (κ2) is 10.7. The number of ether oxygens (including phenoxy) is 2. The number of aromatic nitrogens is 1. The van der Waals surface area contributed by atoms with E-state index in [0.717, 1.165) is 18.0 Å². The number of pyridine rings is 1. The molecule has 5 nitrogen and oxygen atoms in total. The zero-order valence-corrected chi connectivity index (χ0v) is 17.9. The Balaban J connectivity index is 1.29. The van der Waals surface area contributed by atoms with Crippen LogP contribution in [-0.2, 0) is 0 Å². The maximum absolute atomic E-state index is 12.6. The Bertz CT molecular complexity index is 834. The lowest BCUT2D eigenvalue weighted by molar-refractivity contribution is 0.183. The monoisotopic (exact) mass is 410 g/mol. The Morgan fingerprint density at radius 1 is 0.833 bits per heavy atom. The third-order valence-electron chi connectivity index (χ3n) is 6.34. The van der Waals surface area contributed by atoms with Crippen LogP contribution in [0.1, 0.15) is 51.4 Å². The fourth-order valence-electron chi connectivity index (χ4n) is 4.51. The van der Waals surface area contributed by atoms with E-state index < -0.39 is 0 Å². The summed E-state index contributed by atoms with van der Waals surface area (Å²) in [6, 6.07) is 11.2. The van der Waals surface area contributed by atoms with Crippen molar-refractivity contribution in [2.75, 3.05) is 32.8 Å². The van der Waals surface area contributed by atoms with E-state index in [1.165, 1.54) is 64.5 Å². The van der Waals surface area contributed by atoms with E-state index in [0.29, 0.717) is 24.9 Å². The summed E-state index contributed by atoms with van der Waals surface area (Å²) in [5, 5.41) is 0. The predicted molar refractivity (Wildman–Crippen MR) is 120 cm³/mol. The van der Waals surface area contributed by atoms with Crippen molar-refractivity contribution in [3.05, 3.63) is 52.9 Å². The molecule has 0 bridgehead atoms. The summed E-state index contributed by atoms with van der Waals surface area (Å²) in [6.07, 6.45) is 12.2. The van der Waals surface area contributed by atoms with Crippen LogP contribution in [0.25, 0.3) is 5.69 Å². The summed E-state index contributed by atoms with van der Waals surface area (Å²) < 4.78 is 13.4. The molecule has 1 aliphatic carbocycles. The highest BCUT2D eigenvalue weighted by molar-refractivity contribution is 5.38. The van der Waals surface area contributed by atoms with E-state index in [9.17, 15) is 4.79 Å². The minimum Gasteiger partial charge on any atom is -0.493 e. The molecule has 0 amide bonds. The van der Waals surface area contributed by atoms with Crippen LogP contribution in [0.3, 0.4) is 0 Å². The van der Waals surface area contributed by atoms with E-state index in [1.807, 2.05) is 30.3 Å². The van der Waals surface area contributed by atoms with Gasteiger partial charge in [0.25, 0.3) is 5.56 Å². The Labute approximate surface area is 179 Å². The number of hydrogen-bond donors (Lipinski definition) is 0. The number of rotatable bonds is 8. The van der Waals surface area contributed by atoms with E-state index in [2.05, 4.69) is 4.90 Å². The summed E-state index contributed by atoms with van der Waals surface area (Å²) in [4.78, 5) is 15.0. The van der Waals surface area contributed by atoms with Crippen LogP contribution in [0.5, 0.6) is 11.5 Å². The summed E-state index contributed by atoms with van der Waals surface area (Å²) in [5.41, 5.74) is 0.761. The highest BCUT2D eigenvalue weighted by Gasteiger charge is 2.14. The fourth-order valence-corrected chi connectivity index (χ4v) is 4.51. The zero-order valence-electron chi connectivity index (χ0n) is 17.9. The van der Waals surface area contributed by atoms with E-state index >= 15 is 0 Å². The molecule has 2 aromatic rings. The molecule has 2 fully saturated rings. The van der Waals surface area contributed by atoms with Crippen LogP contribution < -0.4 is 15.0 Å². The number of likely N-dealkylation sites (tertiary alicyclic amines) is 1. The van der Waals surface area contributed by atoms with Crippen LogP contribution in [0.15, 0.2) is 47.4 Å². The molecule has 0 unspecified atom stereocenters. The first-order chi connectivity index (χ1) is 14.8. The molecule has 0 atom stereocenters. The lowest BCUT2D eigenvalue weighted by Gasteiger charge is -2.26. The fraction of sp³-hybridized carbons (Fsp3) is 0.560. The van der Waals surface area contributed by atoms with Crippen molar-refractivity contribution < 1.29 is 9.47 Å². The van der Waals surface area contributed by atoms with Crippen LogP contribution in [0, 0.1) is 5.92 Å². The van der Waals surface area contributed by atoms with Gasteiger partial charge in [0.2, 0.25) is 0 Å². The quantitative estimate of drug-likeness (QED) is 0.635. The van der Waals surface area contributed by atoms with Crippen LogP contribution in [-0.4, -0.2) is 42.3 Å². The number of nitrogens with zero attached hydrogens (tertiary/aromatic N) is 2. The third kappa shape index (κ3) is 5.88. The summed E-state index contributed by atoms with van der Waals surface area (Å²) in [6.45, 7) is 4.76. The van der Waals surface area contributed by atoms with Crippen LogP contribution in [0.4, 0.5) is 0 Å². The van der Waals surface area contributed by atoms with E-state index in [1.54, 1.807) is 16.8 Å². The summed E-state index contributed by atoms with van der Waals surface area (Å²) in [5.74, 6) is 2.14. The molecular formula is C25H34N2O3. The average Bonchev–Trinajstić information content (AvgIpc) is 2.80. The smallest absolute Gasteiger partial charge is 0.258 e. The summed E-state index contributed by atoms with van der Waals surface area (Å²) in [7, 11) is 0.